The van der Waals surface area contributed by atoms with Crippen LogP contribution in [-0.4, -0.2) is 36.8 Å². The molecule has 0 bridgehead atoms. The van der Waals surface area contributed by atoms with Gasteiger partial charge in [-0.25, -0.2) is 4.98 Å². The van der Waals surface area contributed by atoms with Crippen LogP contribution in [0.15, 0.2) is 40.9 Å². The molecule has 8 nitrogen and oxygen atoms in total. The van der Waals surface area contributed by atoms with Crippen LogP contribution in [0, 0.1) is 6.92 Å². The van der Waals surface area contributed by atoms with Crippen LogP contribution in [0.5, 0.6) is 0 Å². The van der Waals surface area contributed by atoms with E-state index in [2.05, 4.69) is 25.8 Å². The number of thiazole rings is 1. The van der Waals surface area contributed by atoms with Gasteiger partial charge in [-0.2, -0.15) is 0 Å². The van der Waals surface area contributed by atoms with Crippen LogP contribution in [0.3, 0.4) is 0 Å². The number of aromatic nitrogens is 4. The van der Waals surface area contributed by atoms with Crippen LogP contribution in [0.2, 0.25) is 0 Å². The van der Waals surface area contributed by atoms with E-state index in [1.54, 1.807) is 12.1 Å². The van der Waals surface area contributed by atoms with Crippen molar-refractivity contribution in [2.45, 2.75) is 50.7 Å². The number of carbonyl (C=O) groups excluding carboxylic acids is 2. The maximum absolute atomic E-state index is 12.5. The topological polar surface area (TPSA) is 102 Å². The Bertz CT molecular complexity index is 1020. The van der Waals surface area contributed by atoms with Gasteiger partial charge < -0.3 is 15.2 Å². The Kier molecular flexibility index (Phi) is 7.22. The molecule has 0 saturated heterocycles. The summed E-state index contributed by atoms with van der Waals surface area (Å²) in [5.74, 6) is 0.328. The summed E-state index contributed by atoms with van der Waals surface area (Å²) in [5, 5.41) is 17.0. The van der Waals surface area contributed by atoms with Crippen molar-refractivity contribution < 1.29 is 9.59 Å². The Morgan fingerprint density at radius 1 is 1.20 bits per heavy atom. The Morgan fingerprint density at radius 2 is 1.93 bits per heavy atom. The number of anilines is 1. The van der Waals surface area contributed by atoms with Gasteiger partial charge in [-0.05, 0) is 39.8 Å². The van der Waals surface area contributed by atoms with Gasteiger partial charge in [0.15, 0.2) is 16.1 Å². The van der Waals surface area contributed by atoms with Crippen molar-refractivity contribution >= 4 is 40.0 Å². The summed E-state index contributed by atoms with van der Waals surface area (Å²) < 4.78 is 1.91. The molecule has 0 saturated carbocycles. The van der Waals surface area contributed by atoms with Gasteiger partial charge in [0.05, 0.1) is 17.0 Å². The summed E-state index contributed by atoms with van der Waals surface area (Å²) >= 11 is 2.72. The predicted octanol–water partition coefficient (Wildman–Crippen LogP) is 3.67. The molecule has 3 aromatic rings. The number of rotatable bonds is 8. The standard InChI is InChI=1S/C20H24N6O2S2/c1-5-26-16(13(3)22-18(28)15-9-7-6-8-10-15)24-25-20(26)30-14(4)17(27)23-19-21-12(2)11-29-19/h6-11,13-14H,5H2,1-4H3,(H,22,28)(H,21,23,27)/t13-,14-/m1/s1. The number of hydrogen-bond acceptors (Lipinski definition) is 7. The summed E-state index contributed by atoms with van der Waals surface area (Å²) in [6.45, 7) is 8.16. The normalized spacial score (nSPS) is 12.9. The zero-order valence-corrected chi connectivity index (χ0v) is 18.9. The van der Waals surface area contributed by atoms with Crippen molar-refractivity contribution in [2.75, 3.05) is 5.32 Å². The first-order valence-corrected chi connectivity index (χ1v) is 11.3. The Labute approximate surface area is 183 Å². The lowest BCUT2D eigenvalue weighted by atomic mass is 10.2. The minimum Gasteiger partial charge on any atom is -0.342 e. The second-order valence-corrected chi connectivity index (χ2v) is 8.86. The molecule has 10 heteroatoms. The predicted molar refractivity (Wildman–Crippen MR) is 119 cm³/mol. The van der Waals surface area contributed by atoms with Crippen LogP contribution in [0.4, 0.5) is 5.13 Å². The fourth-order valence-corrected chi connectivity index (χ4v) is 4.38. The molecular formula is C20H24N6O2S2. The van der Waals surface area contributed by atoms with Gasteiger partial charge in [0.2, 0.25) is 5.91 Å². The smallest absolute Gasteiger partial charge is 0.251 e. The number of thioether (sulfide) groups is 1. The first kappa shape index (κ1) is 22.0. The highest BCUT2D eigenvalue weighted by atomic mass is 32.2. The minimum absolute atomic E-state index is 0.146. The van der Waals surface area contributed by atoms with E-state index in [0.717, 1.165) is 5.69 Å². The monoisotopic (exact) mass is 444 g/mol. The second kappa shape index (κ2) is 9.86. The molecular weight excluding hydrogens is 420 g/mol. The van der Waals surface area contributed by atoms with Crippen LogP contribution in [0.1, 0.15) is 48.7 Å². The highest BCUT2D eigenvalue weighted by Gasteiger charge is 2.23. The van der Waals surface area contributed by atoms with Crippen molar-refractivity contribution in [3.05, 3.63) is 52.8 Å². The minimum atomic E-state index is -0.384. The number of aryl methyl sites for hydroxylation is 1. The fraction of sp³-hybridized carbons (Fsp3) is 0.350. The zero-order valence-electron chi connectivity index (χ0n) is 17.2. The highest BCUT2D eigenvalue weighted by Crippen LogP contribution is 2.26. The quantitative estimate of drug-likeness (QED) is 0.514. The van der Waals surface area contributed by atoms with E-state index in [1.165, 1.54) is 23.1 Å². The summed E-state index contributed by atoms with van der Waals surface area (Å²) in [4.78, 5) is 29.2. The molecule has 158 valence electrons. The highest BCUT2D eigenvalue weighted by molar-refractivity contribution is 8.00. The fourth-order valence-electron chi connectivity index (χ4n) is 2.77. The number of nitrogens with one attached hydrogen (secondary N) is 2. The van der Waals surface area contributed by atoms with E-state index in [-0.39, 0.29) is 23.1 Å². The van der Waals surface area contributed by atoms with Crippen molar-refractivity contribution in [3.63, 3.8) is 0 Å². The zero-order chi connectivity index (χ0) is 21.7. The molecule has 3 rings (SSSR count). The van der Waals surface area contributed by atoms with E-state index >= 15 is 0 Å². The van der Waals surface area contributed by atoms with Gasteiger partial charge in [0, 0.05) is 17.5 Å². The molecule has 1 aromatic carbocycles. The SMILES string of the molecule is CCn1c(S[C@H](C)C(=O)Nc2nc(C)cs2)nnc1[C@@H](C)NC(=O)c1ccccc1. The number of hydrogen-bond donors (Lipinski definition) is 2. The summed E-state index contributed by atoms with van der Waals surface area (Å²) in [5.41, 5.74) is 1.46. The third-order valence-electron chi connectivity index (χ3n) is 4.33. The lowest BCUT2D eigenvalue weighted by Gasteiger charge is -2.16. The molecule has 0 fully saturated rings. The van der Waals surface area contributed by atoms with Gasteiger partial charge in [0.1, 0.15) is 0 Å². The number of amides is 2. The van der Waals surface area contributed by atoms with Gasteiger partial charge in [-0.3, -0.25) is 9.59 Å². The third kappa shape index (κ3) is 5.25. The van der Waals surface area contributed by atoms with Crippen LogP contribution in [0.25, 0.3) is 0 Å². The summed E-state index contributed by atoms with van der Waals surface area (Å²) in [6.07, 6.45) is 0. The van der Waals surface area contributed by atoms with Crippen molar-refractivity contribution in [3.8, 4) is 0 Å². The second-order valence-electron chi connectivity index (χ2n) is 6.69. The van der Waals surface area contributed by atoms with Gasteiger partial charge >= 0.3 is 0 Å². The van der Waals surface area contributed by atoms with Crippen LogP contribution in [-0.2, 0) is 11.3 Å². The Balaban J connectivity index is 1.67. The largest absolute Gasteiger partial charge is 0.342 e. The maximum atomic E-state index is 12.5. The Hall–Kier alpha value is -2.72. The van der Waals surface area contributed by atoms with E-state index < -0.39 is 0 Å². The molecule has 30 heavy (non-hydrogen) atoms. The first-order valence-electron chi connectivity index (χ1n) is 9.57. The molecule has 0 spiro atoms. The van der Waals surface area contributed by atoms with Gasteiger partial charge in [-0.1, -0.05) is 30.0 Å². The number of carbonyl (C=O) groups is 2. The molecule has 0 unspecified atom stereocenters. The Morgan fingerprint density at radius 3 is 2.57 bits per heavy atom. The molecule has 0 aliphatic carbocycles. The number of benzene rings is 1. The van der Waals surface area contributed by atoms with Gasteiger partial charge in [-0.15, -0.1) is 21.5 Å². The molecule has 2 atom stereocenters. The summed E-state index contributed by atoms with van der Waals surface area (Å²) in [7, 11) is 0. The maximum Gasteiger partial charge on any atom is 0.251 e. The molecule has 2 aromatic heterocycles. The van der Waals surface area contributed by atoms with Crippen molar-refractivity contribution in [1.29, 1.82) is 0 Å². The van der Waals surface area contributed by atoms with Crippen molar-refractivity contribution in [1.82, 2.24) is 25.1 Å². The van der Waals surface area contributed by atoms with Crippen LogP contribution >= 0.6 is 23.1 Å². The molecule has 2 N–H and O–H groups in total. The average molecular weight is 445 g/mol. The summed E-state index contributed by atoms with van der Waals surface area (Å²) in [6, 6.07) is 8.70. The molecule has 2 amide bonds. The number of nitrogens with zero attached hydrogens (tertiary/aromatic N) is 4. The van der Waals surface area contributed by atoms with Crippen molar-refractivity contribution in [2.24, 2.45) is 0 Å². The third-order valence-corrected chi connectivity index (χ3v) is 6.29. The van der Waals surface area contributed by atoms with Crippen LogP contribution < -0.4 is 10.6 Å². The lowest BCUT2D eigenvalue weighted by molar-refractivity contribution is -0.115. The van der Waals surface area contributed by atoms with Gasteiger partial charge in [0.25, 0.3) is 5.91 Å². The molecule has 0 aliphatic rings. The molecule has 0 aliphatic heterocycles. The lowest BCUT2D eigenvalue weighted by Crippen LogP contribution is -2.28. The molecule has 0 radical (unpaired) electrons. The van der Waals surface area contributed by atoms with E-state index in [9.17, 15) is 9.59 Å². The van der Waals surface area contributed by atoms with E-state index in [4.69, 9.17) is 0 Å². The molecule has 2 heterocycles. The first-order chi connectivity index (χ1) is 14.4. The van der Waals surface area contributed by atoms with E-state index in [1.807, 2.05) is 55.8 Å². The average Bonchev–Trinajstić information content (AvgIpc) is 3.33. The van der Waals surface area contributed by atoms with E-state index in [0.29, 0.717) is 28.2 Å².